The molecule has 0 saturated heterocycles. The van der Waals surface area contributed by atoms with Gasteiger partial charge in [0.05, 0.1) is 17.8 Å². The normalized spacial score (nSPS) is 12.3. The molecule has 0 aliphatic heterocycles. The zero-order chi connectivity index (χ0) is 15.1. The summed E-state index contributed by atoms with van der Waals surface area (Å²) < 4.78 is 10.9. The first kappa shape index (κ1) is 15.8. The van der Waals surface area contributed by atoms with E-state index in [1.165, 1.54) is 0 Å². The van der Waals surface area contributed by atoms with E-state index in [9.17, 15) is 5.11 Å². The van der Waals surface area contributed by atoms with Crippen molar-refractivity contribution in [3.63, 3.8) is 0 Å². The van der Waals surface area contributed by atoms with Gasteiger partial charge in [-0.1, -0.05) is 30.7 Å². The highest BCUT2D eigenvalue weighted by Gasteiger charge is 2.08. The SMILES string of the molecule is CCc1cnc(CNCC(O)COc2ccccc2Cl)o1. The predicted octanol–water partition coefficient (Wildman–Crippen LogP) is 2.42. The lowest BCUT2D eigenvalue weighted by Crippen LogP contribution is -2.31. The van der Waals surface area contributed by atoms with Gasteiger partial charge in [-0.05, 0) is 12.1 Å². The number of aryl methyl sites for hydroxylation is 1. The van der Waals surface area contributed by atoms with E-state index in [1.807, 2.05) is 19.1 Å². The number of aromatic nitrogens is 1. The van der Waals surface area contributed by atoms with Crippen LogP contribution in [0.15, 0.2) is 34.9 Å². The van der Waals surface area contributed by atoms with Gasteiger partial charge in [-0.25, -0.2) is 4.98 Å². The third kappa shape index (κ3) is 5.04. The summed E-state index contributed by atoms with van der Waals surface area (Å²) in [6.07, 6.45) is 1.90. The lowest BCUT2D eigenvalue weighted by molar-refractivity contribution is 0.105. The van der Waals surface area contributed by atoms with E-state index in [4.69, 9.17) is 20.8 Å². The number of nitrogens with one attached hydrogen (secondary N) is 1. The van der Waals surface area contributed by atoms with Gasteiger partial charge in [-0.2, -0.15) is 0 Å². The van der Waals surface area contributed by atoms with Crippen LogP contribution < -0.4 is 10.1 Å². The Morgan fingerprint density at radius 3 is 2.95 bits per heavy atom. The first-order valence-electron chi connectivity index (χ1n) is 6.88. The Morgan fingerprint density at radius 2 is 2.24 bits per heavy atom. The summed E-state index contributed by atoms with van der Waals surface area (Å²) in [6.45, 7) is 3.04. The van der Waals surface area contributed by atoms with Gasteiger partial charge in [-0.3, -0.25) is 0 Å². The monoisotopic (exact) mass is 310 g/mol. The Labute approximate surface area is 128 Å². The van der Waals surface area contributed by atoms with Crippen LogP contribution in [0.5, 0.6) is 5.75 Å². The van der Waals surface area contributed by atoms with Crippen LogP contribution in [-0.4, -0.2) is 29.3 Å². The fraction of sp³-hybridized carbons (Fsp3) is 0.400. The zero-order valence-electron chi connectivity index (χ0n) is 11.9. The van der Waals surface area contributed by atoms with Crippen molar-refractivity contribution in [2.45, 2.75) is 26.0 Å². The quantitative estimate of drug-likeness (QED) is 0.784. The van der Waals surface area contributed by atoms with Crippen molar-refractivity contribution in [3.05, 3.63) is 47.1 Å². The lowest BCUT2D eigenvalue weighted by atomic mass is 10.3. The summed E-state index contributed by atoms with van der Waals surface area (Å²) in [6, 6.07) is 7.17. The Hall–Kier alpha value is -1.56. The molecular formula is C15H19ClN2O3. The Bertz CT molecular complexity index is 559. The molecule has 0 spiro atoms. The summed E-state index contributed by atoms with van der Waals surface area (Å²) >= 11 is 5.97. The van der Waals surface area contributed by atoms with Crippen molar-refractivity contribution >= 4 is 11.6 Å². The fourth-order valence-corrected chi connectivity index (χ4v) is 1.94. The number of benzene rings is 1. The number of hydrogen-bond acceptors (Lipinski definition) is 5. The minimum Gasteiger partial charge on any atom is -0.489 e. The molecule has 0 aliphatic rings. The molecule has 2 N–H and O–H groups in total. The van der Waals surface area contributed by atoms with E-state index in [1.54, 1.807) is 18.3 Å². The first-order valence-corrected chi connectivity index (χ1v) is 7.26. The minimum absolute atomic E-state index is 0.169. The molecule has 0 bridgehead atoms. The molecule has 0 saturated carbocycles. The molecule has 21 heavy (non-hydrogen) atoms. The van der Waals surface area contributed by atoms with Crippen LogP contribution >= 0.6 is 11.6 Å². The van der Waals surface area contributed by atoms with E-state index in [2.05, 4.69) is 10.3 Å². The van der Waals surface area contributed by atoms with Gasteiger partial charge < -0.3 is 19.6 Å². The van der Waals surface area contributed by atoms with E-state index < -0.39 is 6.10 Å². The van der Waals surface area contributed by atoms with Crippen LogP contribution in [0.25, 0.3) is 0 Å². The number of nitrogens with zero attached hydrogens (tertiary/aromatic N) is 1. The van der Waals surface area contributed by atoms with E-state index in [0.717, 1.165) is 12.2 Å². The summed E-state index contributed by atoms with van der Waals surface area (Å²) in [7, 11) is 0. The van der Waals surface area contributed by atoms with Crippen molar-refractivity contribution in [3.8, 4) is 5.75 Å². The van der Waals surface area contributed by atoms with Crippen LogP contribution in [0.1, 0.15) is 18.6 Å². The Morgan fingerprint density at radius 1 is 1.43 bits per heavy atom. The number of halogens is 1. The second kappa shape index (κ2) is 8.02. The van der Waals surface area contributed by atoms with Gasteiger partial charge in [0.25, 0.3) is 0 Å². The molecule has 6 heteroatoms. The maximum Gasteiger partial charge on any atom is 0.208 e. The smallest absolute Gasteiger partial charge is 0.208 e. The van der Waals surface area contributed by atoms with Gasteiger partial charge >= 0.3 is 0 Å². The summed E-state index contributed by atoms with van der Waals surface area (Å²) in [5, 5.41) is 13.5. The van der Waals surface area contributed by atoms with Gasteiger partial charge in [-0.15, -0.1) is 0 Å². The lowest BCUT2D eigenvalue weighted by Gasteiger charge is -2.13. The predicted molar refractivity (Wildman–Crippen MR) is 80.5 cm³/mol. The molecule has 2 rings (SSSR count). The summed E-state index contributed by atoms with van der Waals surface area (Å²) in [5.41, 5.74) is 0. The first-order chi connectivity index (χ1) is 10.2. The highest BCUT2D eigenvalue weighted by molar-refractivity contribution is 6.32. The summed E-state index contributed by atoms with van der Waals surface area (Å²) in [5.74, 6) is 2.04. The van der Waals surface area contributed by atoms with Gasteiger partial charge in [0.1, 0.15) is 24.2 Å². The van der Waals surface area contributed by atoms with Crippen LogP contribution in [0, 0.1) is 0 Å². The van der Waals surface area contributed by atoms with Crippen molar-refractivity contribution in [2.24, 2.45) is 0 Å². The molecule has 114 valence electrons. The second-order valence-electron chi connectivity index (χ2n) is 4.60. The number of ether oxygens (including phenoxy) is 1. The molecule has 1 aromatic carbocycles. The molecule has 0 fully saturated rings. The highest BCUT2D eigenvalue weighted by atomic mass is 35.5. The largest absolute Gasteiger partial charge is 0.489 e. The van der Waals surface area contributed by atoms with Crippen molar-refractivity contribution < 1.29 is 14.3 Å². The third-order valence-corrected chi connectivity index (χ3v) is 3.19. The molecule has 5 nitrogen and oxygen atoms in total. The van der Waals surface area contributed by atoms with Crippen LogP contribution in [0.4, 0.5) is 0 Å². The average molecular weight is 311 g/mol. The molecule has 1 atom stereocenters. The number of rotatable bonds is 8. The third-order valence-electron chi connectivity index (χ3n) is 2.87. The van der Waals surface area contributed by atoms with Crippen LogP contribution in [0.2, 0.25) is 5.02 Å². The minimum atomic E-state index is -0.637. The van der Waals surface area contributed by atoms with Gasteiger partial charge in [0.15, 0.2) is 0 Å². The number of aliphatic hydroxyl groups excluding tert-OH is 1. The summed E-state index contributed by atoms with van der Waals surface area (Å²) in [4.78, 5) is 4.13. The number of para-hydroxylation sites is 1. The Balaban J connectivity index is 1.68. The van der Waals surface area contributed by atoms with Crippen LogP contribution in [0.3, 0.4) is 0 Å². The molecule has 2 aromatic rings. The van der Waals surface area contributed by atoms with E-state index in [0.29, 0.717) is 29.8 Å². The molecule has 1 heterocycles. The molecule has 1 unspecified atom stereocenters. The second-order valence-corrected chi connectivity index (χ2v) is 5.01. The van der Waals surface area contributed by atoms with E-state index >= 15 is 0 Å². The topological polar surface area (TPSA) is 67.5 Å². The Kier molecular flexibility index (Phi) is 6.04. The highest BCUT2D eigenvalue weighted by Crippen LogP contribution is 2.23. The van der Waals surface area contributed by atoms with Crippen molar-refractivity contribution in [1.29, 1.82) is 0 Å². The average Bonchev–Trinajstić information content (AvgIpc) is 2.94. The van der Waals surface area contributed by atoms with Gasteiger partial charge in [0, 0.05) is 13.0 Å². The molecule has 1 aromatic heterocycles. The van der Waals surface area contributed by atoms with Crippen molar-refractivity contribution in [1.82, 2.24) is 10.3 Å². The maximum atomic E-state index is 9.85. The fourth-order valence-electron chi connectivity index (χ4n) is 1.75. The number of aliphatic hydroxyl groups is 1. The standard InChI is InChI=1S/C15H19ClN2O3/c1-2-12-8-18-15(21-12)9-17-7-11(19)10-20-14-6-4-3-5-13(14)16/h3-6,8,11,17,19H,2,7,9-10H2,1H3. The van der Waals surface area contributed by atoms with Crippen molar-refractivity contribution in [2.75, 3.05) is 13.2 Å². The van der Waals surface area contributed by atoms with E-state index in [-0.39, 0.29) is 6.61 Å². The zero-order valence-corrected chi connectivity index (χ0v) is 12.6. The molecule has 0 aliphatic carbocycles. The van der Waals surface area contributed by atoms with Gasteiger partial charge in [0.2, 0.25) is 5.89 Å². The number of oxazole rings is 1. The van der Waals surface area contributed by atoms with Crippen LogP contribution in [-0.2, 0) is 13.0 Å². The molecular weight excluding hydrogens is 292 g/mol. The molecule has 0 amide bonds. The molecule has 0 radical (unpaired) electrons. The maximum absolute atomic E-state index is 9.85. The number of hydrogen-bond donors (Lipinski definition) is 2.